The van der Waals surface area contributed by atoms with Crippen molar-refractivity contribution in [1.29, 1.82) is 0 Å². The van der Waals surface area contributed by atoms with E-state index in [-0.39, 0.29) is 17.3 Å². The molecule has 0 N–H and O–H groups in total. The molecule has 1 saturated heterocycles. The molecule has 1 aliphatic rings. The van der Waals surface area contributed by atoms with Crippen LogP contribution in [-0.4, -0.2) is 52.0 Å². The predicted molar refractivity (Wildman–Crippen MR) is 101 cm³/mol. The SMILES string of the molecule is CCCCCC(=O)N1CCN(Cc2nc(-c3cccc(C(F)(F)F)c3)no2)CC1. The number of piperazine rings is 1. The standard InChI is InChI=1S/C20H25F3N4O2/c1-2-3-4-8-18(28)27-11-9-26(10-12-27)14-17-24-19(25-29-17)15-6-5-7-16(13-15)20(21,22)23/h5-7,13H,2-4,8-12,14H2,1H3. The summed E-state index contributed by atoms with van der Waals surface area (Å²) in [6.07, 6.45) is -0.741. The Hall–Kier alpha value is -2.42. The summed E-state index contributed by atoms with van der Waals surface area (Å²) in [6.45, 7) is 5.21. The van der Waals surface area contributed by atoms with Gasteiger partial charge in [-0.15, -0.1) is 0 Å². The van der Waals surface area contributed by atoms with Gasteiger partial charge in [0, 0.05) is 38.2 Å². The third-order valence-corrected chi connectivity index (χ3v) is 4.99. The van der Waals surface area contributed by atoms with E-state index in [1.165, 1.54) is 12.1 Å². The zero-order valence-electron chi connectivity index (χ0n) is 16.4. The first kappa shape index (κ1) is 21.3. The zero-order chi connectivity index (χ0) is 20.9. The monoisotopic (exact) mass is 410 g/mol. The Balaban J connectivity index is 1.53. The van der Waals surface area contributed by atoms with Gasteiger partial charge in [-0.3, -0.25) is 9.69 Å². The molecule has 29 heavy (non-hydrogen) atoms. The summed E-state index contributed by atoms with van der Waals surface area (Å²) in [5.74, 6) is 0.679. The van der Waals surface area contributed by atoms with Crippen molar-refractivity contribution >= 4 is 5.91 Å². The summed E-state index contributed by atoms with van der Waals surface area (Å²) in [4.78, 5) is 20.4. The minimum atomic E-state index is -4.42. The third kappa shape index (κ3) is 5.79. The van der Waals surface area contributed by atoms with E-state index in [2.05, 4.69) is 22.0 Å². The summed E-state index contributed by atoms with van der Waals surface area (Å²) in [7, 11) is 0. The van der Waals surface area contributed by atoms with Gasteiger partial charge in [-0.2, -0.15) is 18.2 Å². The second-order valence-corrected chi connectivity index (χ2v) is 7.20. The van der Waals surface area contributed by atoms with Crippen LogP contribution in [0, 0.1) is 0 Å². The number of benzene rings is 1. The van der Waals surface area contributed by atoms with Crippen LogP contribution >= 0.6 is 0 Å². The van der Waals surface area contributed by atoms with Gasteiger partial charge in [-0.25, -0.2) is 0 Å². The van der Waals surface area contributed by atoms with Crippen molar-refractivity contribution in [3.8, 4) is 11.4 Å². The lowest BCUT2D eigenvalue weighted by molar-refractivity contribution is -0.137. The van der Waals surface area contributed by atoms with E-state index in [0.29, 0.717) is 45.0 Å². The Kier molecular flexibility index (Phi) is 6.89. The van der Waals surface area contributed by atoms with Gasteiger partial charge >= 0.3 is 6.18 Å². The molecule has 0 aliphatic carbocycles. The Bertz CT molecular complexity index is 814. The Morgan fingerprint density at radius 1 is 1.17 bits per heavy atom. The maximum absolute atomic E-state index is 12.9. The number of amides is 1. The van der Waals surface area contributed by atoms with Crippen molar-refractivity contribution < 1.29 is 22.5 Å². The fraction of sp³-hybridized carbons (Fsp3) is 0.550. The molecule has 9 heteroatoms. The topological polar surface area (TPSA) is 62.5 Å². The van der Waals surface area contributed by atoms with E-state index in [1.807, 2.05) is 4.90 Å². The number of unbranched alkanes of at least 4 members (excludes halogenated alkanes) is 2. The number of hydrogen-bond acceptors (Lipinski definition) is 5. The third-order valence-electron chi connectivity index (χ3n) is 4.99. The highest BCUT2D eigenvalue weighted by atomic mass is 19.4. The second-order valence-electron chi connectivity index (χ2n) is 7.20. The molecule has 0 saturated carbocycles. The van der Waals surface area contributed by atoms with Gasteiger partial charge < -0.3 is 9.42 Å². The molecule has 1 aliphatic heterocycles. The molecule has 158 valence electrons. The van der Waals surface area contributed by atoms with Crippen molar-refractivity contribution in [2.24, 2.45) is 0 Å². The molecule has 0 unspecified atom stereocenters. The average Bonchev–Trinajstić information content (AvgIpc) is 3.17. The maximum Gasteiger partial charge on any atom is 0.416 e. The van der Waals surface area contributed by atoms with Crippen molar-refractivity contribution in [2.75, 3.05) is 26.2 Å². The first-order valence-corrected chi connectivity index (χ1v) is 9.87. The highest BCUT2D eigenvalue weighted by molar-refractivity contribution is 5.76. The van der Waals surface area contributed by atoms with Gasteiger partial charge in [0.1, 0.15) is 0 Å². The Morgan fingerprint density at radius 3 is 2.62 bits per heavy atom. The minimum absolute atomic E-state index is 0.135. The molecule has 1 aromatic heterocycles. The summed E-state index contributed by atoms with van der Waals surface area (Å²) in [6, 6.07) is 4.86. The maximum atomic E-state index is 12.9. The number of hydrogen-bond donors (Lipinski definition) is 0. The van der Waals surface area contributed by atoms with Crippen LogP contribution in [0.15, 0.2) is 28.8 Å². The van der Waals surface area contributed by atoms with E-state index in [0.717, 1.165) is 31.4 Å². The van der Waals surface area contributed by atoms with Crippen LogP contribution in [0.5, 0.6) is 0 Å². The first-order valence-electron chi connectivity index (χ1n) is 9.87. The summed E-state index contributed by atoms with van der Waals surface area (Å²) >= 11 is 0. The predicted octanol–water partition coefficient (Wildman–Crippen LogP) is 3.98. The fourth-order valence-corrected chi connectivity index (χ4v) is 3.30. The molecule has 0 radical (unpaired) electrons. The molecule has 0 spiro atoms. The minimum Gasteiger partial charge on any atom is -0.340 e. The molecule has 2 aromatic rings. The lowest BCUT2D eigenvalue weighted by Crippen LogP contribution is -2.48. The molecule has 6 nitrogen and oxygen atoms in total. The molecule has 0 atom stereocenters. The number of carbonyl (C=O) groups is 1. The molecule has 1 aromatic carbocycles. The normalized spacial score (nSPS) is 15.7. The zero-order valence-corrected chi connectivity index (χ0v) is 16.4. The van der Waals surface area contributed by atoms with Crippen LogP contribution in [0.25, 0.3) is 11.4 Å². The largest absolute Gasteiger partial charge is 0.416 e. The molecule has 1 amide bonds. The van der Waals surface area contributed by atoms with Crippen molar-refractivity contribution in [2.45, 2.75) is 45.3 Å². The van der Waals surface area contributed by atoms with Gasteiger partial charge in [-0.05, 0) is 18.6 Å². The number of alkyl halides is 3. The molecular weight excluding hydrogens is 385 g/mol. The number of rotatable bonds is 7. The van der Waals surface area contributed by atoms with Gasteiger partial charge in [0.15, 0.2) is 0 Å². The Morgan fingerprint density at radius 2 is 1.93 bits per heavy atom. The molecule has 3 rings (SSSR count). The van der Waals surface area contributed by atoms with Crippen molar-refractivity contribution in [3.05, 3.63) is 35.7 Å². The number of carbonyl (C=O) groups excluding carboxylic acids is 1. The summed E-state index contributed by atoms with van der Waals surface area (Å²) in [5, 5.41) is 3.82. The first-order chi connectivity index (χ1) is 13.9. The van der Waals surface area contributed by atoms with Crippen molar-refractivity contribution in [1.82, 2.24) is 19.9 Å². The lowest BCUT2D eigenvalue weighted by Gasteiger charge is -2.34. The second kappa shape index (κ2) is 9.39. The van der Waals surface area contributed by atoms with Crippen LogP contribution < -0.4 is 0 Å². The van der Waals surface area contributed by atoms with Crippen LogP contribution in [0.4, 0.5) is 13.2 Å². The number of nitrogens with zero attached hydrogens (tertiary/aromatic N) is 4. The van der Waals surface area contributed by atoms with Gasteiger partial charge in [-0.1, -0.05) is 37.1 Å². The summed E-state index contributed by atoms with van der Waals surface area (Å²) < 4.78 is 43.8. The number of aromatic nitrogens is 2. The van der Waals surface area contributed by atoms with E-state index < -0.39 is 11.7 Å². The quantitative estimate of drug-likeness (QED) is 0.646. The highest BCUT2D eigenvalue weighted by Gasteiger charge is 2.31. The van der Waals surface area contributed by atoms with E-state index in [4.69, 9.17) is 4.52 Å². The van der Waals surface area contributed by atoms with Crippen molar-refractivity contribution in [3.63, 3.8) is 0 Å². The lowest BCUT2D eigenvalue weighted by atomic mass is 10.1. The molecule has 0 bridgehead atoms. The smallest absolute Gasteiger partial charge is 0.340 e. The van der Waals surface area contributed by atoms with Crippen LogP contribution in [0.2, 0.25) is 0 Å². The van der Waals surface area contributed by atoms with Crippen LogP contribution in [0.1, 0.15) is 44.1 Å². The van der Waals surface area contributed by atoms with E-state index >= 15 is 0 Å². The van der Waals surface area contributed by atoms with Crippen LogP contribution in [0.3, 0.4) is 0 Å². The Labute approximate surface area is 167 Å². The molecule has 2 heterocycles. The summed E-state index contributed by atoms with van der Waals surface area (Å²) in [5.41, 5.74) is -0.488. The average molecular weight is 410 g/mol. The van der Waals surface area contributed by atoms with Gasteiger partial charge in [0.2, 0.25) is 17.6 Å². The molecular formula is C20H25F3N4O2. The van der Waals surface area contributed by atoms with Gasteiger partial charge in [0.05, 0.1) is 12.1 Å². The van der Waals surface area contributed by atoms with Crippen LogP contribution in [-0.2, 0) is 17.5 Å². The fourth-order valence-electron chi connectivity index (χ4n) is 3.30. The molecule has 1 fully saturated rings. The van der Waals surface area contributed by atoms with E-state index in [9.17, 15) is 18.0 Å². The number of halogens is 3. The van der Waals surface area contributed by atoms with Gasteiger partial charge in [0.25, 0.3) is 0 Å². The highest BCUT2D eigenvalue weighted by Crippen LogP contribution is 2.31. The van der Waals surface area contributed by atoms with E-state index in [1.54, 1.807) is 0 Å².